The zero-order valence-electron chi connectivity index (χ0n) is 20.1. The molecular weight excluding hydrogens is 370 g/mol. The monoisotopic (exact) mass is 401 g/mol. The normalized spacial score (nSPS) is 13.4. The Kier molecular flexibility index (Phi) is 4.66. The van der Waals surface area contributed by atoms with E-state index in [0.29, 0.717) is 0 Å². The van der Waals surface area contributed by atoms with Crippen LogP contribution >= 0.6 is 11.3 Å². The first-order valence-corrected chi connectivity index (χ1v) is 10.9. The van der Waals surface area contributed by atoms with Crippen LogP contribution < -0.4 is 0 Å². The van der Waals surface area contributed by atoms with Crippen LogP contribution in [0.1, 0.15) is 64.5 Å². The topological polar surface area (TPSA) is 12.9 Å². The van der Waals surface area contributed by atoms with Gasteiger partial charge in [-0.05, 0) is 66.6 Å². The van der Waals surface area contributed by atoms with Crippen LogP contribution in [0.5, 0.6) is 0 Å². The Morgan fingerprint density at radius 1 is 0.862 bits per heavy atom. The van der Waals surface area contributed by atoms with Crippen molar-refractivity contribution >= 4 is 21.4 Å². The first kappa shape index (κ1) is 17.4. The van der Waals surface area contributed by atoms with E-state index in [2.05, 4.69) is 44.2 Å². The lowest BCUT2D eigenvalue weighted by atomic mass is 9.88. The van der Waals surface area contributed by atoms with Crippen LogP contribution in [0.25, 0.3) is 31.8 Å². The minimum absolute atomic E-state index is 0.755. The Morgan fingerprint density at radius 2 is 1.48 bits per heavy atom. The highest BCUT2D eigenvalue weighted by Gasteiger charge is 2.17. The fourth-order valence-electron chi connectivity index (χ4n) is 3.99. The van der Waals surface area contributed by atoms with Crippen LogP contribution in [0.3, 0.4) is 0 Å². The molecule has 0 aliphatic carbocycles. The van der Waals surface area contributed by atoms with Gasteiger partial charge >= 0.3 is 0 Å². The van der Waals surface area contributed by atoms with Gasteiger partial charge in [-0.2, -0.15) is 0 Å². The molecule has 0 aliphatic heterocycles. The van der Waals surface area contributed by atoms with Crippen LogP contribution in [-0.2, 0) is 0 Å². The van der Waals surface area contributed by atoms with E-state index >= 15 is 0 Å². The van der Waals surface area contributed by atoms with Crippen molar-refractivity contribution in [2.75, 3.05) is 0 Å². The van der Waals surface area contributed by atoms with Gasteiger partial charge in [0.05, 0.1) is 5.69 Å². The molecule has 0 spiro atoms. The average Bonchev–Trinajstić information content (AvgIpc) is 3.08. The molecule has 0 atom stereocenters. The van der Waals surface area contributed by atoms with Crippen LogP contribution in [0.15, 0.2) is 54.7 Å². The van der Waals surface area contributed by atoms with E-state index < -0.39 is 11.8 Å². The fraction of sp³-hybridized carbons (Fsp3) is 0.296. The SMILES string of the molecule is [2H]C(C)(C)c1cccc(C([2H])(C)C)c1-c1cc2cnc(-c3cc(C)cc(C)c3)cc2s1. The number of aromatic nitrogens is 1. The molecule has 1 nitrogen and oxygen atoms in total. The lowest BCUT2D eigenvalue weighted by Crippen LogP contribution is -1.98. The van der Waals surface area contributed by atoms with Crippen molar-refractivity contribution in [1.29, 1.82) is 0 Å². The zero-order valence-corrected chi connectivity index (χ0v) is 18.9. The summed E-state index contributed by atoms with van der Waals surface area (Å²) in [5.41, 5.74) is 7.52. The molecule has 0 aliphatic rings. The summed E-state index contributed by atoms with van der Waals surface area (Å²) in [5, 5.41) is 1.10. The van der Waals surface area contributed by atoms with Crippen molar-refractivity contribution in [2.24, 2.45) is 0 Å². The third kappa shape index (κ3) is 3.86. The molecule has 2 aromatic heterocycles. The summed E-state index contributed by atoms with van der Waals surface area (Å²) in [6.07, 6.45) is 1.95. The standard InChI is InChI=1S/C27H29NS/c1-16(2)22-8-7-9-23(17(3)4)27(22)26-13-21-15-28-24(14-25(21)29-26)20-11-18(5)10-19(6)12-20/h7-17H,1-6H3/i16D,17D. The number of pyridine rings is 1. The molecule has 2 heteroatoms. The smallest absolute Gasteiger partial charge is 0.0716 e. The molecular formula is C27H29NS. The lowest BCUT2D eigenvalue weighted by molar-refractivity contribution is 0.839. The van der Waals surface area contributed by atoms with Gasteiger partial charge in [-0.15, -0.1) is 11.3 Å². The Labute approximate surface area is 181 Å². The molecule has 4 aromatic rings. The average molecular weight is 402 g/mol. The van der Waals surface area contributed by atoms with Gasteiger partial charge in [0.1, 0.15) is 0 Å². The maximum absolute atomic E-state index is 8.72. The van der Waals surface area contributed by atoms with Gasteiger partial charge in [0.15, 0.2) is 0 Å². The van der Waals surface area contributed by atoms with Crippen molar-refractivity contribution < 1.29 is 2.74 Å². The van der Waals surface area contributed by atoms with Crippen LogP contribution in [0, 0.1) is 13.8 Å². The molecule has 0 radical (unpaired) electrons. The summed E-state index contributed by atoms with van der Waals surface area (Å²) in [5.74, 6) is -1.51. The summed E-state index contributed by atoms with van der Waals surface area (Å²) in [4.78, 5) is 5.84. The second-order valence-electron chi connectivity index (χ2n) is 8.32. The Hall–Kier alpha value is -2.45. The van der Waals surface area contributed by atoms with Crippen LogP contribution in [0.2, 0.25) is 0 Å². The molecule has 0 amide bonds. The molecule has 0 unspecified atom stereocenters. The summed E-state index contributed by atoms with van der Waals surface area (Å²) < 4.78 is 18.6. The van der Waals surface area contributed by atoms with Crippen LogP contribution in [0.4, 0.5) is 0 Å². The van der Waals surface area contributed by atoms with Gasteiger partial charge < -0.3 is 0 Å². The van der Waals surface area contributed by atoms with Crippen molar-refractivity contribution in [3.05, 3.63) is 77.0 Å². The Bertz CT molecular complexity index is 1220. The number of aryl methyl sites for hydroxylation is 2. The predicted octanol–water partition coefficient (Wildman–Crippen LogP) is 8.49. The number of nitrogens with zero attached hydrogens (tertiary/aromatic N) is 1. The second kappa shape index (κ2) is 7.76. The highest BCUT2D eigenvalue weighted by Crippen LogP contribution is 2.42. The molecule has 0 saturated heterocycles. The zero-order chi connectivity index (χ0) is 22.6. The number of thiophene rings is 1. The van der Waals surface area contributed by atoms with Gasteiger partial charge in [-0.25, -0.2) is 0 Å². The molecule has 148 valence electrons. The molecule has 0 N–H and O–H groups in total. The molecule has 2 heterocycles. The number of hydrogen-bond donors (Lipinski definition) is 0. The number of rotatable bonds is 4. The molecule has 4 rings (SSSR count). The Balaban J connectivity index is 1.92. The van der Waals surface area contributed by atoms with E-state index in [1.165, 1.54) is 15.8 Å². The van der Waals surface area contributed by atoms with E-state index in [1.54, 1.807) is 11.3 Å². The third-order valence-electron chi connectivity index (χ3n) is 5.31. The summed E-state index contributed by atoms with van der Waals surface area (Å²) in [7, 11) is 0. The highest BCUT2D eigenvalue weighted by atomic mass is 32.1. The summed E-state index contributed by atoms with van der Waals surface area (Å²) >= 11 is 1.72. The Morgan fingerprint density at radius 3 is 2.07 bits per heavy atom. The van der Waals surface area contributed by atoms with E-state index in [1.807, 2.05) is 52.1 Å². The van der Waals surface area contributed by atoms with E-state index in [9.17, 15) is 0 Å². The minimum atomic E-state index is -0.755. The first-order chi connectivity index (χ1) is 14.4. The van der Waals surface area contributed by atoms with Crippen molar-refractivity contribution in [1.82, 2.24) is 4.98 Å². The van der Waals surface area contributed by atoms with E-state index in [4.69, 9.17) is 7.73 Å². The summed E-state index contributed by atoms with van der Waals surface area (Å²) in [6.45, 7) is 11.9. The third-order valence-corrected chi connectivity index (χ3v) is 6.42. The molecule has 0 fully saturated rings. The highest BCUT2D eigenvalue weighted by molar-refractivity contribution is 7.22. The van der Waals surface area contributed by atoms with E-state index in [-0.39, 0.29) is 0 Å². The van der Waals surface area contributed by atoms with Gasteiger partial charge in [-0.3, -0.25) is 4.98 Å². The van der Waals surface area contributed by atoms with Crippen LogP contribution in [-0.4, -0.2) is 4.98 Å². The lowest BCUT2D eigenvalue weighted by Gasteiger charge is -2.18. The van der Waals surface area contributed by atoms with Crippen molar-refractivity contribution in [3.63, 3.8) is 0 Å². The van der Waals surface area contributed by atoms with Crippen molar-refractivity contribution in [3.8, 4) is 21.7 Å². The minimum Gasteiger partial charge on any atom is -0.256 e. The number of fused-ring (bicyclic) bond motifs is 1. The molecule has 2 aromatic carbocycles. The largest absolute Gasteiger partial charge is 0.256 e. The van der Waals surface area contributed by atoms with Crippen molar-refractivity contribution in [2.45, 2.75) is 53.3 Å². The fourth-order valence-corrected chi connectivity index (χ4v) is 5.13. The molecule has 0 saturated carbocycles. The molecule has 29 heavy (non-hydrogen) atoms. The number of hydrogen-bond acceptors (Lipinski definition) is 2. The quantitative estimate of drug-likeness (QED) is 0.334. The van der Waals surface area contributed by atoms with E-state index in [0.717, 1.165) is 38.2 Å². The van der Waals surface area contributed by atoms with Gasteiger partial charge in [0, 0.05) is 29.5 Å². The molecule has 0 bridgehead atoms. The summed E-state index contributed by atoms with van der Waals surface area (Å²) in [6, 6.07) is 16.9. The second-order valence-corrected chi connectivity index (χ2v) is 9.41. The maximum Gasteiger partial charge on any atom is 0.0716 e. The maximum atomic E-state index is 8.72. The van der Waals surface area contributed by atoms with Gasteiger partial charge in [0.25, 0.3) is 0 Å². The number of benzene rings is 2. The van der Waals surface area contributed by atoms with Gasteiger partial charge in [-0.1, -0.05) is 63.1 Å². The first-order valence-electron chi connectivity index (χ1n) is 11.1. The van der Waals surface area contributed by atoms with Gasteiger partial charge in [0.2, 0.25) is 0 Å². The predicted molar refractivity (Wildman–Crippen MR) is 128 cm³/mol.